The number of hydrogen-bond donors (Lipinski definition) is 4. The van der Waals surface area contributed by atoms with Crippen LogP contribution in [0.5, 0.6) is 0 Å². The van der Waals surface area contributed by atoms with E-state index in [9.17, 15) is 55.1 Å². The number of nitrogens with zero attached hydrogens (tertiary/aromatic N) is 2. The average molecular weight is 1360 g/mol. The van der Waals surface area contributed by atoms with E-state index in [1.807, 2.05) is 32.9 Å². The van der Waals surface area contributed by atoms with Gasteiger partial charge in [-0.15, -0.1) is 34.0 Å². The first-order valence-corrected chi connectivity index (χ1v) is 34.4. The molecule has 9 aliphatic rings. The lowest BCUT2D eigenvalue weighted by atomic mass is 9.89. The van der Waals surface area contributed by atoms with Crippen molar-refractivity contribution in [2.75, 3.05) is 39.6 Å². The first kappa shape index (κ1) is 67.0. The molecule has 24 heteroatoms. The van der Waals surface area contributed by atoms with E-state index >= 15 is 0 Å². The van der Waals surface area contributed by atoms with E-state index in [0.717, 1.165) is 64.6 Å². The average Bonchev–Trinajstić information content (AvgIpc) is 1.58. The molecule has 0 radical (unpaired) electrons. The molecule has 0 spiro atoms. The van der Waals surface area contributed by atoms with Crippen LogP contribution in [0.2, 0.25) is 0 Å². The van der Waals surface area contributed by atoms with Gasteiger partial charge in [0.2, 0.25) is 17.7 Å². The van der Waals surface area contributed by atoms with E-state index in [-0.39, 0.29) is 98.7 Å². The normalized spacial score (nSPS) is 25.3. The van der Waals surface area contributed by atoms with Gasteiger partial charge in [0.15, 0.2) is 0 Å². The number of benzene rings is 3. The molecular formula is C70H75F6N5O10S3. The second kappa shape index (κ2) is 27.6. The van der Waals surface area contributed by atoms with Crippen molar-refractivity contribution in [1.82, 2.24) is 25.8 Å². The molecular weight excluding hydrogens is 1280 g/mol. The van der Waals surface area contributed by atoms with E-state index in [1.165, 1.54) is 73.3 Å². The minimum absolute atomic E-state index is 0.00601. The number of piperidine rings is 2. The van der Waals surface area contributed by atoms with Crippen LogP contribution in [-0.2, 0) is 28.6 Å². The molecule has 5 saturated heterocycles. The Morgan fingerprint density at radius 1 is 0.426 bits per heavy atom. The Hall–Kier alpha value is -6.96. The Morgan fingerprint density at radius 2 is 0.755 bits per heavy atom. The van der Waals surface area contributed by atoms with Crippen LogP contribution in [0, 0.1) is 124 Å². The van der Waals surface area contributed by atoms with Gasteiger partial charge in [-0.2, -0.15) is 0 Å². The largest absolute Gasteiger partial charge is 0.477 e. The highest BCUT2D eigenvalue weighted by molar-refractivity contribution is 7.14. The summed E-state index contributed by atoms with van der Waals surface area (Å²) in [5, 5.41) is 17.3. The molecule has 6 aromatic rings. The van der Waals surface area contributed by atoms with Crippen LogP contribution < -0.4 is 16.0 Å². The molecule has 0 bridgehead atoms. The number of hydrogen-bond acceptors (Lipinski definition) is 12. The summed E-state index contributed by atoms with van der Waals surface area (Å²) in [6, 6.07) is 14.9. The third kappa shape index (κ3) is 14.4. The first-order valence-electron chi connectivity index (χ1n) is 32.0. The topological polar surface area (TPSA) is 193 Å². The van der Waals surface area contributed by atoms with Crippen molar-refractivity contribution in [3.8, 4) is 0 Å². The third-order valence-electron chi connectivity index (χ3n) is 19.9. The number of ether oxygens (including phenoxy) is 3. The molecule has 4 aliphatic carbocycles. The number of carbonyl (C=O) groups excluding carboxylic acids is 5. The maximum absolute atomic E-state index is 14.7. The molecule has 9 fully saturated rings. The Labute approximate surface area is 552 Å². The highest BCUT2D eigenvalue weighted by atomic mass is 32.1. The number of carboxylic acid groups (broad SMARTS) is 1. The maximum Gasteiger partial charge on any atom is 0.345 e. The van der Waals surface area contributed by atoms with Crippen LogP contribution in [0.4, 0.5) is 26.3 Å². The van der Waals surface area contributed by atoms with Gasteiger partial charge in [-0.05, 0) is 200 Å². The second-order valence-electron chi connectivity index (χ2n) is 26.7. The number of amides is 5. The van der Waals surface area contributed by atoms with E-state index in [0.29, 0.717) is 90.8 Å². The number of fused-ring (bicyclic) bond motifs is 3. The number of aromatic carboxylic acids is 1. The zero-order chi connectivity index (χ0) is 66.7. The van der Waals surface area contributed by atoms with Crippen LogP contribution in [0.25, 0.3) is 0 Å². The molecule has 8 heterocycles. The van der Waals surface area contributed by atoms with Crippen LogP contribution in [0.3, 0.4) is 0 Å². The quantitative estimate of drug-likeness (QED) is 0.0719. The smallest absolute Gasteiger partial charge is 0.345 e. The summed E-state index contributed by atoms with van der Waals surface area (Å²) in [5.41, 5.74) is 1.19. The third-order valence-corrected chi connectivity index (χ3v) is 22.9. The summed E-state index contributed by atoms with van der Waals surface area (Å²) in [6.45, 7) is 12.7. The molecule has 1 unspecified atom stereocenters. The number of halogens is 6. The van der Waals surface area contributed by atoms with Crippen molar-refractivity contribution in [1.29, 1.82) is 0 Å². The lowest BCUT2D eigenvalue weighted by molar-refractivity contribution is -0.129. The van der Waals surface area contributed by atoms with Gasteiger partial charge < -0.3 is 45.1 Å². The van der Waals surface area contributed by atoms with E-state index in [4.69, 9.17) is 19.3 Å². The zero-order valence-electron chi connectivity index (χ0n) is 52.8. The minimum atomic E-state index is -0.840. The van der Waals surface area contributed by atoms with Crippen molar-refractivity contribution in [3.63, 3.8) is 0 Å². The number of thiophene rings is 3. The fourth-order valence-corrected chi connectivity index (χ4v) is 16.3. The van der Waals surface area contributed by atoms with E-state index < -0.39 is 71.1 Å². The molecule has 15 rings (SSSR count). The highest BCUT2D eigenvalue weighted by Gasteiger charge is 2.58. The molecule has 5 amide bonds. The van der Waals surface area contributed by atoms with Gasteiger partial charge in [0, 0.05) is 67.1 Å². The Kier molecular flexibility index (Phi) is 19.7. The Morgan fingerprint density at radius 3 is 1.04 bits per heavy atom. The van der Waals surface area contributed by atoms with Gasteiger partial charge in [0.1, 0.15) is 51.9 Å². The van der Waals surface area contributed by atoms with Gasteiger partial charge in [0.25, 0.3) is 11.8 Å². The van der Waals surface area contributed by atoms with Crippen LogP contribution >= 0.6 is 34.0 Å². The monoisotopic (exact) mass is 1360 g/mol. The number of carboxylic acids is 1. The van der Waals surface area contributed by atoms with Crippen LogP contribution in [0.1, 0.15) is 140 Å². The molecule has 4 N–H and O–H groups in total. The van der Waals surface area contributed by atoms with Crippen molar-refractivity contribution >= 4 is 69.5 Å². The number of likely N-dealkylation sites (tertiary alicyclic amines) is 2. The maximum atomic E-state index is 14.7. The molecule has 3 aromatic carbocycles. The van der Waals surface area contributed by atoms with Gasteiger partial charge in [0.05, 0.1) is 67.5 Å². The van der Waals surface area contributed by atoms with Crippen molar-refractivity contribution in [3.05, 3.63) is 170 Å². The molecule has 3 aromatic heterocycles. The predicted molar refractivity (Wildman–Crippen MR) is 340 cm³/mol. The highest BCUT2D eigenvalue weighted by Crippen LogP contribution is 2.55. The number of carbonyl (C=O) groups is 6. The summed E-state index contributed by atoms with van der Waals surface area (Å²) < 4.78 is 102. The van der Waals surface area contributed by atoms with Gasteiger partial charge >= 0.3 is 5.97 Å². The number of nitrogens with one attached hydrogen (secondary N) is 3. The van der Waals surface area contributed by atoms with Crippen molar-refractivity contribution in [2.24, 2.45) is 47.3 Å². The summed E-state index contributed by atoms with van der Waals surface area (Å²) in [4.78, 5) is 83.8. The van der Waals surface area contributed by atoms with Crippen LogP contribution in [0.15, 0.2) is 72.8 Å². The zero-order valence-corrected chi connectivity index (χ0v) is 55.2. The van der Waals surface area contributed by atoms with E-state index in [2.05, 4.69) is 16.0 Å². The fraction of sp³-hybridized carbons (Fsp3) is 0.486. The van der Waals surface area contributed by atoms with Crippen molar-refractivity contribution in [2.45, 2.75) is 129 Å². The molecule has 4 saturated carbocycles. The SMILES string of the molecule is Cc1cc(F)c([C@H](NC(=O)C2C[C@@H]3C[C@@H]3C2)C2COC2)cc1F.Cc1ccc(C(=O)N2[C@@H](C(=O)N[C@@H](c3cc(F)c(C)cc3F)C3COC3)C[C@H]3C[C@H]32)s1.Cc1ccc(C(=O)N2[C@@H](C(=O)N[C@@H](c3cc(F)c(C)cc3F)C3COC3)C[C@H]3C[C@H]32)s1.Cc1ccc(C(=O)O)s1. The molecule has 5 aliphatic heterocycles. The van der Waals surface area contributed by atoms with Crippen LogP contribution in [-0.4, -0.2) is 114 Å². The molecule has 94 heavy (non-hydrogen) atoms. The first-order chi connectivity index (χ1) is 44.9. The molecule has 500 valence electrons. The van der Waals surface area contributed by atoms with Crippen molar-refractivity contribution < 1.29 is 74.4 Å². The second-order valence-corrected chi connectivity index (χ2v) is 30.6. The fourth-order valence-electron chi connectivity index (χ4n) is 14.0. The Bertz CT molecular complexity index is 3730. The summed E-state index contributed by atoms with van der Waals surface area (Å²) in [5.74, 6) is -2.91. The van der Waals surface area contributed by atoms with E-state index in [1.54, 1.807) is 34.1 Å². The Balaban J connectivity index is 0.000000128. The predicted octanol–water partition coefficient (Wildman–Crippen LogP) is 12.4. The summed E-state index contributed by atoms with van der Waals surface area (Å²) in [6.07, 6.45) is 6.16. The van der Waals surface area contributed by atoms with Gasteiger partial charge in [-0.25, -0.2) is 31.1 Å². The summed E-state index contributed by atoms with van der Waals surface area (Å²) in [7, 11) is 0. The van der Waals surface area contributed by atoms with Gasteiger partial charge in [-0.1, -0.05) is 0 Å². The lowest BCUT2D eigenvalue weighted by Gasteiger charge is -2.36. The molecule has 15 nitrogen and oxygen atoms in total. The molecule has 12 atom stereocenters. The standard InChI is InChI=1S/2C23H24F2N2O3S.C18H21F2NO2.C6H6O2S/c2*1-11-5-17(25)15(8-16(11)24)21(14-9-30-10-14)26-22(28)19-7-13-6-18(13)27(19)23(29)20-4-3-12(2)31-20;1-9-2-16(20)14(6-15(9)19)17(13-7-23-8-13)21-18(22)12-4-10-3-11(10)5-12;1-4-2-3-5(9-4)6(7)8/h2*3-5,8,13-14,18-19,21H,6-7,9-10H2,1-2H3,(H,26,28);2,6,10-13,17H,3-5,7-8H2,1H3,(H,21,22);2-3H,1H3,(H,7,8)/t2*13-,18-,19-,21-;10-,11+,12?,17-;/m111./s1. The summed E-state index contributed by atoms with van der Waals surface area (Å²) >= 11 is 4.14. The number of aryl methyl sites for hydroxylation is 6. The van der Waals surface area contributed by atoms with Gasteiger partial charge in [-0.3, -0.25) is 24.0 Å². The number of rotatable bonds is 15. The lowest BCUT2D eigenvalue weighted by Crippen LogP contribution is -2.51. The minimum Gasteiger partial charge on any atom is -0.477 e.